The Morgan fingerprint density at radius 2 is 2.35 bits per heavy atom. The minimum absolute atomic E-state index is 0.153. The van der Waals surface area contributed by atoms with Crippen LogP contribution in [0.5, 0.6) is 0 Å². The number of aromatic amines is 1. The highest BCUT2D eigenvalue weighted by atomic mass is 16.4. The smallest absolute Gasteiger partial charge is 0.323 e. The van der Waals surface area contributed by atoms with Gasteiger partial charge >= 0.3 is 5.97 Å². The van der Waals surface area contributed by atoms with E-state index in [9.17, 15) is 4.79 Å². The predicted octanol–water partition coefficient (Wildman–Crippen LogP) is 0.387. The molecule has 0 fully saturated rings. The quantitative estimate of drug-likeness (QED) is 0.793. The van der Waals surface area contributed by atoms with Crippen molar-refractivity contribution < 1.29 is 9.90 Å². The molecule has 0 aliphatic rings. The van der Waals surface area contributed by atoms with Gasteiger partial charge in [0.15, 0.2) is 5.82 Å². The van der Waals surface area contributed by atoms with Gasteiger partial charge in [0.2, 0.25) is 5.95 Å². The summed E-state index contributed by atoms with van der Waals surface area (Å²) in [5.74, 6) is -0.0948. The summed E-state index contributed by atoms with van der Waals surface area (Å²) in [7, 11) is 1.61. The Labute approximate surface area is 97.1 Å². The second-order valence-electron chi connectivity index (χ2n) is 3.45. The van der Waals surface area contributed by atoms with Gasteiger partial charge in [0.05, 0.1) is 0 Å². The third kappa shape index (κ3) is 2.57. The van der Waals surface area contributed by atoms with Gasteiger partial charge in [0.25, 0.3) is 0 Å². The van der Waals surface area contributed by atoms with Crippen LogP contribution in [0.3, 0.4) is 0 Å². The van der Waals surface area contributed by atoms with E-state index in [1.165, 1.54) is 4.90 Å². The number of nitrogens with one attached hydrogen (secondary N) is 1. The zero-order valence-electron chi connectivity index (χ0n) is 9.16. The molecule has 0 saturated heterocycles. The molecule has 2 aromatic rings. The van der Waals surface area contributed by atoms with Crippen LogP contribution in [-0.2, 0) is 4.79 Å². The summed E-state index contributed by atoms with van der Waals surface area (Å²) in [6.45, 7) is -0.153. The van der Waals surface area contributed by atoms with Gasteiger partial charge in [0.1, 0.15) is 12.2 Å². The van der Waals surface area contributed by atoms with Gasteiger partial charge in [-0.05, 0) is 12.1 Å². The molecule has 2 N–H and O–H groups in total. The highest BCUT2D eigenvalue weighted by molar-refractivity contribution is 5.72. The van der Waals surface area contributed by atoms with Crippen molar-refractivity contribution in [3.05, 3.63) is 24.4 Å². The van der Waals surface area contributed by atoms with E-state index < -0.39 is 5.97 Å². The van der Waals surface area contributed by atoms with Crippen LogP contribution in [-0.4, -0.2) is 44.8 Å². The summed E-state index contributed by atoms with van der Waals surface area (Å²) in [6, 6.07) is 5.43. The lowest BCUT2D eigenvalue weighted by atomic mass is 10.3. The van der Waals surface area contributed by atoms with Gasteiger partial charge in [-0.1, -0.05) is 6.07 Å². The molecule has 88 valence electrons. The molecule has 0 atom stereocenters. The largest absolute Gasteiger partial charge is 0.480 e. The monoisotopic (exact) mass is 233 g/mol. The van der Waals surface area contributed by atoms with Crippen LogP contribution in [0.2, 0.25) is 0 Å². The lowest BCUT2D eigenvalue weighted by Gasteiger charge is -2.10. The van der Waals surface area contributed by atoms with Gasteiger partial charge in [-0.25, -0.2) is 0 Å². The van der Waals surface area contributed by atoms with E-state index in [1.54, 1.807) is 25.4 Å². The summed E-state index contributed by atoms with van der Waals surface area (Å²) in [6.07, 6.45) is 1.65. The molecule has 0 spiro atoms. The van der Waals surface area contributed by atoms with Crippen molar-refractivity contribution in [2.45, 2.75) is 0 Å². The first-order chi connectivity index (χ1) is 8.16. The fraction of sp³-hybridized carbons (Fsp3) is 0.200. The third-order valence-electron chi connectivity index (χ3n) is 2.09. The molecule has 0 bridgehead atoms. The van der Waals surface area contributed by atoms with Crippen LogP contribution in [0.15, 0.2) is 24.4 Å². The molecule has 2 aromatic heterocycles. The Morgan fingerprint density at radius 3 is 3.00 bits per heavy atom. The average molecular weight is 233 g/mol. The summed E-state index contributed by atoms with van der Waals surface area (Å²) in [5.41, 5.74) is 0.662. The molecule has 0 aliphatic carbocycles. The molecule has 0 aliphatic heterocycles. The Morgan fingerprint density at radius 1 is 1.53 bits per heavy atom. The SMILES string of the molecule is CN(CC(=O)O)c1n[nH]c(-c2ccccn2)n1. The first kappa shape index (κ1) is 11.1. The van der Waals surface area contributed by atoms with Crippen molar-refractivity contribution in [1.82, 2.24) is 20.2 Å². The molecule has 0 saturated carbocycles. The Kier molecular flexibility index (Phi) is 2.99. The molecule has 7 heteroatoms. The van der Waals surface area contributed by atoms with E-state index in [0.717, 1.165) is 0 Å². The molecule has 2 heterocycles. The highest BCUT2D eigenvalue weighted by Crippen LogP contribution is 2.13. The van der Waals surface area contributed by atoms with E-state index in [2.05, 4.69) is 20.2 Å². The second kappa shape index (κ2) is 4.60. The first-order valence-electron chi connectivity index (χ1n) is 4.93. The number of H-pyrrole nitrogens is 1. The Hall–Kier alpha value is -2.44. The summed E-state index contributed by atoms with van der Waals surface area (Å²) in [4.78, 5) is 20.3. The van der Waals surface area contributed by atoms with E-state index >= 15 is 0 Å². The van der Waals surface area contributed by atoms with Crippen molar-refractivity contribution in [2.75, 3.05) is 18.5 Å². The van der Waals surface area contributed by atoms with Gasteiger partial charge in [-0.15, -0.1) is 5.10 Å². The summed E-state index contributed by atoms with van der Waals surface area (Å²) < 4.78 is 0. The lowest BCUT2D eigenvalue weighted by Crippen LogP contribution is -2.26. The van der Waals surface area contributed by atoms with Crippen LogP contribution in [0.25, 0.3) is 11.5 Å². The molecular formula is C10H11N5O2. The normalized spacial score (nSPS) is 10.2. The van der Waals surface area contributed by atoms with Crippen LogP contribution in [0, 0.1) is 0 Å². The van der Waals surface area contributed by atoms with Crippen molar-refractivity contribution in [1.29, 1.82) is 0 Å². The standard InChI is InChI=1S/C10H11N5O2/c1-15(6-8(16)17)10-12-9(13-14-10)7-4-2-3-5-11-7/h2-5H,6H2,1H3,(H,16,17)(H,12,13,14). The zero-order valence-corrected chi connectivity index (χ0v) is 9.16. The topological polar surface area (TPSA) is 95.0 Å². The number of carboxylic acids is 1. The van der Waals surface area contributed by atoms with Crippen molar-refractivity contribution >= 4 is 11.9 Å². The number of aromatic nitrogens is 4. The van der Waals surface area contributed by atoms with Crippen LogP contribution < -0.4 is 4.90 Å². The van der Waals surface area contributed by atoms with Crippen LogP contribution in [0.1, 0.15) is 0 Å². The molecule has 7 nitrogen and oxygen atoms in total. The van der Waals surface area contributed by atoms with Gasteiger partial charge in [0, 0.05) is 13.2 Å². The number of carbonyl (C=O) groups is 1. The minimum Gasteiger partial charge on any atom is -0.480 e. The number of anilines is 1. The number of pyridine rings is 1. The van der Waals surface area contributed by atoms with Gasteiger partial charge in [-0.2, -0.15) is 4.98 Å². The number of rotatable bonds is 4. The molecule has 0 aromatic carbocycles. The third-order valence-corrected chi connectivity index (χ3v) is 2.09. The van der Waals surface area contributed by atoms with Crippen molar-refractivity contribution in [3.63, 3.8) is 0 Å². The first-order valence-corrected chi connectivity index (χ1v) is 4.93. The average Bonchev–Trinajstić information content (AvgIpc) is 2.78. The van der Waals surface area contributed by atoms with Crippen LogP contribution >= 0.6 is 0 Å². The Balaban J connectivity index is 2.19. The number of nitrogens with zero attached hydrogens (tertiary/aromatic N) is 4. The number of carboxylic acid groups (broad SMARTS) is 1. The number of aliphatic carboxylic acids is 1. The maximum Gasteiger partial charge on any atom is 0.323 e. The van der Waals surface area contributed by atoms with E-state index in [1.807, 2.05) is 6.07 Å². The van der Waals surface area contributed by atoms with Crippen molar-refractivity contribution in [3.8, 4) is 11.5 Å². The van der Waals surface area contributed by atoms with E-state index in [-0.39, 0.29) is 6.54 Å². The molecule has 2 rings (SSSR count). The molecular weight excluding hydrogens is 222 g/mol. The highest BCUT2D eigenvalue weighted by Gasteiger charge is 2.12. The molecule has 0 radical (unpaired) electrons. The number of hydrogen-bond acceptors (Lipinski definition) is 5. The Bertz CT molecular complexity index is 510. The van der Waals surface area contributed by atoms with E-state index in [4.69, 9.17) is 5.11 Å². The summed E-state index contributed by atoms with van der Waals surface area (Å²) in [5, 5.41) is 15.3. The van der Waals surface area contributed by atoms with Gasteiger partial charge < -0.3 is 10.0 Å². The van der Waals surface area contributed by atoms with Gasteiger partial charge in [-0.3, -0.25) is 14.9 Å². The maximum atomic E-state index is 10.5. The predicted molar refractivity (Wildman–Crippen MR) is 60.5 cm³/mol. The second-order valence-corrected chi connectivity index (χ2v) is 3.45. The number of likely N-dealkylation sites (N-methyl/N-ethyl adjacent to an activating group) is 1. The minimum atomic E-state index is -0.934. The number of hydrogen-bond donors (Lipinski definition) is 2. The van der Waals surface area contributed by atoms with Crippen molar-refractivity contribution in [2.24, 2.45) is 0 Å². The zero-order chi connectivity index (χ0) is 12.3. The lowest BCUT2D eigenvalue weighted by molar-refractivity contribution is -0.135. The molecule has 0 unspecified atom stereocenters. The summed E-state index contributed by atoms with van der Waals surface area (Å²) >= 11 is 0. The molecule has 17 heavy (non-hydrogen) atoms. The van der Waals surface area contributed by atoms with E-state index in [0.29, 0.717) is 17.5 Å². The fourth-order valence-electron chi connectivity index (χ4n) is 1.31. The fourth-order valence-corrected chi connectivity index (χ4v) is 1.31. The molecule has 0 amide bonds. The maximum absolute atomic E-state index is 10.5. The van der Waals surface area contributed by atoms with Crippen LogP contribution in [0.4, 0.5) is 5.95 Å².